The zero-order valence-electron chi connectivity index (χ0n) is 21.1. The summed E-state index contributed by atoms with van der Waals surface area (Å²) in [6.07, 6.45) is 0.204. The Morgan fingerprint density at radius 1 is 0.846 bits per heavy atom. The van der Waals surface area contributed by atoms with Gasteiger partial charge in [-0.15, -0.1) is 0 Å². The van der Waals surface area contributed by atoms with E-state index in [4.69, 9.17) is 21.1 Å². The molecule has 0 bridgehead atoms. The fraction of sp³-hybridized carbons (Fsp3) is 0.167. The Labute approximate surface area is 230 Å². The van der Waals surface area contributed by atoms with E-state index in [0.29, 0.717) is 27.8 Å². The molecule has 4 aromatic rings. The third-order valence-corrected chi connectivity index (χ3v) is 6.65. The molecule has 0 aromatic heterocycles. The Balaban J connectivity index is 1.31. The van der Waals surface area contributed by atoms with Crippen molar-refractivity contribution in [1.29, 1.82) is 0 Å². The minimum atomic E-state index is -0.946. The van der Waals surface area contributed by atoms with E-state index < -0.39 is 29.8 Å². The molecule has 0 saturated heterocycles. The lowest BCUT2D eigenvalue weighted by atomic mass is 10.0. The van der Waals surface area contributed by atoms with Crippen LogP contribution in [0.5, 0.6) is 11.5 Å². The van der Waals surface area contributed by atoms with Gasteiger partial charge >= 0.3 is 0 Å². The highest BCUT2D eigenvalue weighted by molar-refractivity contribution is 6.30. The van der Waals surface area contributed by atoms with Gasteiger partial charge in [0, 0.05) is 28.8 Å². The molecule has 2 atom stereocenters. The van der Waals surface area contributed by atoms with E-state index in [1.54, 1.807) is 61.5 Å². The fourth-order valence-corrected chi connectivity index (χ4v) is 4.46. The summed E-state index contributed by atoms with van der Waals surface area (Å²) in [4.78, 5) is 39.6. The van der Waals surface area contributed by atoms with Gasteiger partial charge in [0.25, 0.3) is 5.91 Å². The highest BCUT2D eigenvalue weighted by Gasteiger charge is 2.26. The van der Waals surface area contributed by atoms with Gasteiger partial charge in [0.1, 0.15) is 12.1 Å². The van der Waals surface area contributed by atoms with Crippen LogP contribution >= 0.6 is 11.6 Å². The summed E-state index contributed by atoms with van der Waals surface area (Å²) in [5.41, 5.74) is 1.76. The number of anilines is 1. The molecule has 5 rings (SSSR count). The summed E-state index contributed by atoms with van der Waals surface area (Å²) in [6, 6.07) is 23.2. The van der Waals surface area contributed by atoms with E-state index in [9.17, 15) is 14.4 Å². The van der Waals surface area contributed by atoms with Crippen LogP contribution in [0.3, 0.4) is 0 Å². The van der Waals surface area contributed by atoms with Gasteiger partial charge in [0.2, 0.25) is 18.6 Å². The number of carbonyl (C=O) groups excluding carboxylic acids is 3. The van der Waals surface area contributed by atoms with Crippen molar-refractivity contribution >= 4 is 45.8 Å². The van der Waals surface area contributed by atoms with Crippen molar-refractivity contribution in [1.82, 2.24) is 10.6 Å². The second-order valence-electron chi connectivity index (χ2n) is 9.17. The van der Waals surface area contributed by atoms with Crippen molar-refractivity contribution < 1.29 is 23.9 Å². The van der Waals surface area contributed by atoms with Crippen LogP contribution in [0.25, 0.3) is 10.8 Å². The topological polar surface area (TPSA) is 106 Å². The third kappa shape index (κ3) is 6.13. The zero-order chi connectivity index (χ0) is 27.4. The highest BCUT2D eigenvalue weighted by atomic mass is 35.5. The number of halogens is 1. The van der Waals surface area contributed by atoms with Crippen LogP contribution in [0.4, 0.5) is 5.69 Å². The number of benzene rings is 4. The summed E-state index contributed by atoms with van der Waals surface area (Å²) < 4.78 is 10.6. The van der Waals surface area contributed by atoms with Crippen molar-refractivity contribution in [2.24, 2.45) is 0 Å². The molecule has 3 N–H and O–H groups in total. The lowest BCUT2D eigenvalue weighted by molar-refractivity contribution is -0.127. The van der Waals surface area contributed by atoms with Crippen molar-refractivity contribution in [2.75, 3.05) is 12.1 Å². The van der Waals surface area contributed by atoms with Gasteiger partial charge in [0.15, 0.2) is 11.5 Å². The Kier molecular flexibility index (Phi) is 7.65. The third-order valence-electron chi connectivity index (χ3n) is 6.40. The number of carbonyl (C=O) groups is 3. The lowest BCUT2D eigenvalue weighted by Gasteiger charge is -2.22. The van der Waals surface area contributed by atoms with E-state index in [1.807, 2.05) is 30.3 Å². The van der Waals surface area contributed by atoms with Crippen LogP contribution in [0.1, 0.15) is 22.8 Å². The van der Waals surface area contributed by atoms with Gasteiger partial charge in [-0.25, -0.2) is 0 Å². The lowest BCUT2D eigenvalue weighted by Crippen LogP contribution is -2.52. The number of amides is 3. The van der Waals surface area contributed by atoms with Gasteiger partial charge < -0.3 is 25.4 Å². The highest BCUT2D eigenvalue weighted by Crippen LogP contribution is 2.34. The minimum Gasteiger partial charge on any atom is -0.454 e. The van der Waals surface area contributed by atoms with Gasteiger partial charge in [-0.2, -0.15) is 0 Å². The summed E-state index contributed by atoms with van der Waals surface area (Å²) >= 11 is 6.02. The molecular formula is C30H26ClN3O5. The predicted octanol–water partition coefficient (Wildman–Crippen LogP) is 4.71. The van der Waals surface area contributed by atoms with Crippen molar-refractivity contribution in [3.8, 4) is 11.5 Å². The molecule has 1 heterocycles. The number of ether oxygens (including phenoxy) is 2. The SMILES string of the molecule is C[C@H](NC(=O)[C@H](Cc1ccc(Cl)cc1)NC(=O)c1cccc2ccccc12)C(=O)Nc1ccc2c(c1)OCO2. The van der Waals surface area contributed by atoms with Crippen molar-refractivity contribution in [3.05, 3.63) is 101 Å². The minimum absolute atomic E-state index is 0.124. The van der Waals surface area contributed by atoms with E-state index in [2.05, 4.69) is 16.0 Å². The van der Waals surface area contributed by atoms with Crippen LogP contribution in [0.2, 0.25) is 5.02 Å². The van der Waals surface area contributed by atoms with Crippen molar-refractivity contribution in [2.45, 2.75) is 25.4 Å². The first-order valence-corrected chi connectivity index (χ1v) is 12.8. The first-order chi connectivity index (χ1) is 18.9. The van der Waals surface area contributed by atoms with Crippen LogP contribution in [-0.4, -0.2) is 36.6 Å². The summed E-state index contributed by atoms with van der Waals surface area (Å²) in [5.74, 6) is -0.178. The van der Waals surface area contributed by atoms with Crippen molar-refractivity contribution in [3.63, 3.8) is 0 Å². The van der Waals surface area contributed by atoms with Gasteiger partial charge in [-0.1, -0.05) is 60.1 Å². The molecule has 0 unspecified atom stereocenters. The molecule has 1 aliphatic rings. The number of rotatable bonds is 8. The van der Waals surface area contributed by atoms with Gasteiger partial charge in [0.05, 0.1) is 0 Å². The van der Waals surface area contributed by atoms with Gasteiger partial charge in [-0.05, 0) is 53.6 Å². The van der Waals surface area contributed by atoms with E-state index in [-0.39, 0.29) is 13.2 Å². The Morgan fingerprint density at radius 3 is 2.41 bits per heavy atom. The maximum atomic E-state index is 13.4. The molecule has 1 aliphatic heterocycles. The maximum absolute atomic E-state index is 13.4. The van der Waals surface area contributed by atoms with E-state index in [0.717, 1.165) is 16.3 Å². The Bertz CT molecular complexity index is 1530. The maximum Gasteiger partial charge on any atom is 0.252 e. The Hall–Kier alpha value is -4.56. The largest absolute Gasteiger partial charge is 0.454 e. The first kappa shape index (κ1) is 26.1. The Morgan fingerprint density at radius 2 is 1.59 bits per heavy atom. The molecular weight excluding hydrogens is 518 g/mol. The second-order valence-corrected chi connectivity index (χ2v) is 9.61. The molecule has 3 amide bonds. The molecule has 0 radical (unpaired) electrons. The molecule has 198 valence electrons. The van der Waals surface area contributed by atoms with Crippen LogP contribution < -0.4 is 25.4 Å². The molecule has 8 nitrogen and oxygen atoms in total. The standard InChI is InChI=1S/C30H26ClN3O5/c1-18(28(35)33-22-13-14-26-27(16-22)39-17-38-26)32-30(37)25(15-19-9-11-21(31)12-10-19)34-29(36)24-8-4-6-20-5-2-3-7-23(20)24/h2-14,16,18,25H,15,17H2,1H3,(H,32,37)(H,33,35)(H,34,36)/t18-,25-/m0/s1. The molecule has 0 saturated carbocycles. The second kappa shape index (κ2) is 11.4. The normalized spacial score (nSPS) is 13.4. The summed E-state index contributed by atoms with van der Waals surface area (Å²) in [5, 5.41) is 10.6. The predicted molar refractivity (Wildman–Crippen MR) is 149 cm³/mol. The average molecular weight is 544 g/mol. The fourth-order valence-electron chi connectivity index (χ4n) is 4.33. The van der Waals surface area contributed by atoms with Gasteiger partial charge in [-0.3, -0.25) is 14.4 Å². The number of hydrogen-bond acceptors (Lipinski definition) is 5. The molecule has 0 spiro atoms. The van der Waals surface area contributed by atoms with Crippen LogP contribution in [0, 0.1) is 0 Å². The van der Waals surface area contributed by atoms with E-state index >= 15 is 0 Å². The summed E-state index contributed by atoms with van der Waals surface area (Å²) in [7, 11) is 0. The molecule has 9 heteroatoms. The molecule has 0 fully saturated rings. The monoisotopic (exact) mass is 543 g/mol. The van der Waals surface area contributed by atoms with E-state index in [1.165, 1.54) is 0 Å². The summed E-state index contributed by atoms with van der Waals surface area (Å²) in [6.45, 7) is 1.70. The zero-order valence-corrected chi connectivity index (χ0v) is 21.8. The number of hydrogen-bond donors (Lipinski definition) is 3. The number of nitrogens with one attached hydrogen (secondary N) is 3. The average Bonchev–Trinajstić information content (AvgIpc) is 3.41. The smallest absolute Gasteiger partial charge is 0.252 e. The molecule has 0 aliphatic carbocycles. The first-order valence-electron chi connectivity index (χ1n) is 12.4. The van der Waals surface area contributed by atoms with Crippen LogP contribution in [-0.2, 0) is 16.0 Å². The van der Waals surface area contributed by atoms with Crippen LogP contribution in [0.15, 0.2) is 84.9 Å². The quantitative estimate of drug-likeness (QED) is 0.298. The molecule has 4 aromatic carbocycles. The molecule has 39 heavy (non-hydrogen) atoms. The number of fused-ring (bicyclic) bond motifs is 2.